The van der Waals surface area contributed by atoms with E-state index in [0.29, 0.717) is 103 Å². The lowest BCUT2D eigenvalue weighted by Crippen LogP contribution is -2.42. The Kier molecular flexibility index (Phi) is 62.3. The summed E-state index contributed by atoms with van der Waals surface area (Å²) in [6, 6.07) is 0. The SMILES string of the molecule is CCCCCCCC(O)C(O)C(CCCCCCCC(=O)OO)S(=O)(=O)O.CCCCCCCCC(C(O)C(O)CCCCCCC(=O)OO)S(=O)(=O)O.O=C(CCCCCCCCC(CS(=O)(=O)O)S(=O)(=O)O)OO.O=C(CCCCCCCCCCS(=O)(=O)O)OO. The topological polar surface area (TPSA) is 539 Å². The quantitative estimate of drug-likeness (QED) is 0.00885. The smallest absolute Gasteiger partial charge is 0.342 e. The second-order valence-electron chi connectivity index (χ2n) is 23.5. The summed E-state index contributed by atoms with van der Waals surface area (Å²) in [4.78, 5) is 56.8. The molecule has 0 aliphatic carbocycles. The van der Waals surface area contributed by atoms with Crippen molar-refractivity contribution in [3.8, 4) is 0 Å². The molecule has 0 saturated heterocycles. The van der Waals surface area contributed by atoms with E-state index in [4.69, 9.17) is 34.7 Å². The molecule has 13 N–H and O–H groups in total. The molecule has 7 unspecified atom stereocenters. The zero-order chi connectivity index (χ0) is 72.5. The van der Waals surface area contributed by atoms with E-state index in [1.165, 1.54) is 0 Å². The first-order valence-electron chi connectivity index (χ1n) is 32.9. The number of carbonyl (C=O) groups is 4. The molecule has 0 bridgehead atoms. The molecule has 0 aliphatic heterocycles. The number of unbranched alkanes of at least 4 members (excludes halogenated alkanes) is 28. The Morgan fingerprint density at radius 1 is 0.298 bits per heavy atom. The van der Waals surface area contributed by atoms with Gasteiger partial charge < -0.3 is 40.0 Å². The molecule has 0 fully saturated rings. The molecule has 0 spiro atoms. The predicted octanol–water partition coefficient (Wildman–Crippen LogP) is 9.81. The molecule has 0 aliphatic rings. The Bertz CT molecular complexity index is 2470. The van der Waals surface area contributed by atoms with Crippen LogP contribution in [0.3, 0.4) is 0 Å². The first-order chi connectivity index (χ1) is 44.0. The van der Waals surface area contributed by atoms with Gasteiger partial charge in [0.2, 0.25) is 0 Å². The standard InChI is InChI=1S/2C18H36O8S.C11H22O9S2.C11H22O6S/c1-2-3-4-6-9-12-15(19)18(21)16(27(23,24)25)13-10-7-5-8-11-14-17(20)26-22;1-2-3-4-5-6-10-13-16(27(23,24)25)18(21)15(19)12-9-7-8-11-14-17(20)26-22;12-11(20-13)8-6-4-2-1-3-5-7-10(22(17,18)19)9-21(14,15)16;12-11(17-13)9-7-5-3-1-2-4-6-8-10-18(14,15)16/h2*15-16,18-19,21-22H,2-14H2,1H3,(H,23,24,25);10,13H,1-9H2,(H,14,15,16)(H,17,18,19);13H,1-10H2,(H,14,15,16). The van der Waals surface area contributed by atoms with Gasteiger partial charge in [-0.3, -0.25) is 22.8 Å². The Morgan fingerprint density at radius 2 is 0.532 bits per heavy atom. The Labute approximate surface area is 558 Å². The summed E-state index contributed by atoms with van der Waals surface area (Å²) in [5.74, 6) is -3.85. The first kappa shape index (κ1) is 97.5. The summed E-state index contributed by atoms with van der Waals surface area (Å²) in [6.07, 6.45) is 22.7. The van der Waals surface area contributed by atoms with Crippen LogP contribution in [0.2, 0.25) is 0 Å². The molecule has 0 saturated carbocycles. The van der Waals surface area contributed by atoms with Gasteiger partial charge >= 0.3 is 23.9 Å². The van der Waals surface area contributed by atoms with Crippen LogP contribution in [0.5, 0.6) is 0 Å². The molecule has 31 nitrogen and oxygen atoms in total. The average molecular weight is 1470 g/mol. The summed E-state index contributed by atoms with van der Waals surface area (Å²) < 4.78 is 155. The summed E-state index contributed by atoms with van der Waals surface area (Å²) in [6.45, 7) is 4.20. The molecule has 0 radical (unpaired) electrons. The van der Waals surface area contributed by atoms with Crippen LogP contribution in [0.15, 0.2) is 0 Å². The van der Waals surface area contributed by atoms with Crippen molar-refractivity contribution in [1.29, 1.82) is 0 Å². The van der Waals surface area contributed by atoms with Crippen molar-refractivity contribution in [3.63, 3.8) is 0 Å². The van der Waals surface area contributed by atoms with E-state index >= 15 is 0 Å². The maximum atomic E-state index is 11.6. The number of hydrogen-bond acceptors (Lipinski definition) is 26. The molecule has 0 heterocycles. The van der Waals surface area contributed by atoms with E-state index in [1.54, 1.807) is 0 Å². The number of carbonyl (C=O) groups excluding carboxylic acids is 4. The fraction of sp³-hybridized carbons (Fsp3) is 0.931. The zero-order valence-electron chi connectivity index (χ0n) is 55.1. The van der Waals surface area contributed by atoms with Crippen molar-refractivity contribution in [2.24, 2.45) is 0 Å². The van der Waals surface area contributed by atoms with Crippen LogP contribution in [0.4, 0.5) is 0 Å². The van der Waals surface area contributed by atoms with Gasteiger partial charge in [0.15, 0.2) is 0 Å². The van der Waals surface area contributed by atoms with Crippen LogP contribution in [-0.2, 0) is 89.3 Å². The molecule has 7 atom stereocenters. The fourth-order valence-electron chi connectivity index (χ4n) is 9.73. The molecular formula is C58H116O31S5. The highest BCUT2D eigenvalue weighted by atomic mass is 32.2. The highest BCUT2D eigenvalue weighted by molar-refractivity contribution is 7.90. The van der Waals surface area contributed by atoms with Gasteiger partial charge in [-0.1, -0.05) is 200 Å². The van der Waals surface area contributed by atoms with Crippen LogP contribution in [-0.4, -0.2) is 182 Å². The summed E-state index contributed by atoms with van der Waals surface area (Å²) in [5, 5.41) is 68.5. The molecule has 0 aromatic carbocycles. The molecular weight excluding hydrogens is 1350 g/mol. The molecule has 0 rings (SSSR count). The normalized spacial score (nSPS) is 14.2. The number of hydrogen-bond donors (Lipinski definition) is 13. The molecule has 0 aromatic heterocycles. The van der Waals surface area contributed by atoms with Crippen LogP contribution in [0, 0.1) is 0 Å². The van der Waals surface area contributed by atoms with E-state index < -0.39 is 120 Å². The minimum atomic E-state index is -4.53. The maximum Gasteiger partial charge on any atom is 0.342 e. The van der Waals surface area contributed by atoms with Crippen molar-refractivity contribution in [2.75, 3.05) is 11.5 Å². The average Bonchev–Trinajstić information content (AvgIpc) is 0.901. The third kappa shape index (κ3) is 65.1. The second kappa shape index (κ2) is 60.1. The molecule has 36 heteroatoms. The third-order valence-electron chi connectivity index (χ3n) is 15.2. The minimum Gasteiger partial charge on any atom is -0.390 e. The van der Waals surface area contributed by atoms with Gasteiger partial charge in [0.1, 0.15) is 15.7 Å². The Morgan fingerprint density at radius 3 is 0.766 bits per heavy atom. The van der Waals surface area contributed by atoms with E-state index in [2.05, 4.69) is 33.4 Å². The summed E-state index contributed by atoms with van der Waals surface area (Å²) >= 11 is 0. The van der Waals surface area contributed by atoms with Crippen LogP contribution in [0.25, 0.3) is 0 Å². The Hall–Kier alpha value is -2.89. The van der Waals surface area contributed by atoms with Crippen LogP contribution in [0.1, 0.15) is 290 Å². The predicted molar refractivity (Wildman–Crippen MR) is 348 cm³/mol. The van der Waals surface area contributed by atoms with E-state index in [1.807, 2.05) is 0 Å². The second-order valence-corrected chi connectivity index (χ2v) is 31.5. The minimum absolute atomic E-state index is 0.0601. The third-order valence-corrected chi connectivity index (χ3v) is 20.8. The van der Waals surface area contributed by atoms with Gasteiger partial charge in [-0.05, 0) is 64.2 Å². The maximum absolute atomic E-state index is 11.6. The highest BCUT2D eigenvalue weighted by Gasteiger charge is 2.36. The zero-order valence-corrected chi connectivity index (χ0v) is 59.1. The lowest BCUT2D eigenvalue weighted by molar-refractivity contribution is -0.234. The van der Waals surface area contributed by atoms with Gasteiger partial charge in [0.05, 0.1) is 35.9 Å². The Balaban J connectivity index is -0.000000581. The first-order valence-corrected chi connectivity index (χ1v) is 40.6. The number of aliphatic hydroxyl groups excluding tert-OH is 4. The van der Waals surface area contributed by atoms with Crippen LogP contribution >= 0.6 is 0 Å². The largest absolute Gasteiger partial charge is 0.390 e. The number of rotatable bonds is 57. The molecule has 0 amide bonds. The van der Waals surface area contributed by atoms with Gasteiger partial charge in [-0.25, -0.2) is 19.2 Å². The lowest BCUT2D eigenvalue weighted by atomic mass is 9.99. The molecule has 0 aromatic rings. The van der Waals surface area contributed by atoms with Gasteiger partial charge in [0.25, 0.3) is 50.6 Å². The molecule has 564 valence electrons. The fourth-order valence-corrected chi connectivity index (χ4v) is 14.6. The lowest BCUT2D eigenvalue weighted by Gasteiger charge is -2.24. The van der Waals surface area contributed by atoms with E-state index in [-0.39, 0.29) is 57.1 Å². The van der Waals surface area contributed by atoms with E-state index in [0.717, 1.165) is 122 Å². The van der Waals surface area contributed by atoms with Crippen molar-refractivity contribution in [2.45, 2.75) is 330 Å². The summed E-state index contributed by atoms with van der Waals surface area (Å²) in [7, 11) is -21.7. The van der Waals surface area contributed by atoms with Crippen LogP contribution < -0.4 is 0 Å². The van der Waals surface area contributed by atoms with Crippen molar-refractivity contribution < 1.29 is 145 Å². The van der Waals surface area contributed by atoms with Crippen molar-refractivity contribution in [1.82, 2.24) is 0 Å². The highest BCUT2D eigenvalue weighted by Crippen LogP contribution is 2.23. The number of aliphatic hydroxyl groups is 4. The molecule has 94 heavy (non-hydrogen) atoms. The van der Waals surface area contributed by atoms with Gasteiger partial charge in [0, 0.05) is 25.7 Å². The monoisotopic (exact) mass is 1470 g/mol. The van der Waals surface area contributed by atoms with Crippen molar-refractivity contribution >= 4 is 74.5 Å². The van der Waals surface area contributed by atoms with Gasteiger partial charge in [-0.15, -0.1) is 0 Å². The summed E-state index contributed by atoms with van der Waals surface area (Å²) in [5.41, 5.74) is 0. The van der Waals surface area contributed by atoms with Crippen molar-refractivity contribution in [3.05, 3.63) is 0 Å². The van der Waals surface area contributed by atoms with E-state index in [9.17, 15) is 90.8 Å². The van der Waals surface area contributed by atoms with Gasteiger partial charge in [-0.2, -0.15) is 63.1 Å².